The maximum Gasteiger partial charge on any atom is 0.123 e. The Bertz CT molecular complexity index is 862. The predicted molar refractivity (Wildman–Crippen MR) is 95.4 cm³/mol. The van der Waals surface area contributed by atoms with Gasteiger partial charge in [0.2, 0.25) is 0 Å². The Morgan fingerprint density at radius 3 is 2.29 bits per heavy atom. The van der Waals surface area contributed by atoms with E-state index in [2.05, 4.69) is 15.6 Å². The minimum Gasteiger partial charge on any atom is -0.497 e. The van der Waals surface area contributed by atoms with Crippen molar-refractivity contribution in [2.24, 2.45) is 4.99 Å². The maximum atomic E-state index is 13.1. The first kappa shape index (κ1) is 16.0. The molecule has 1 heterocycles. The van der Waals surface area contributed by atoms with Crippen molar-refractivity contribution in [1.29, 1.82) is 0 Å². The summed E-state index contributed by atoms with van der Waals surface area (Å²) in [7, 11) is 1.64. The molecule has 0 radical (unpaired) electrons. The Hall–Kier alpha value is -2.88. The molecule has 0 aliphatic carbocycles. The van der Waals surface area contributed by atoms with Crippen LogP contribution in [0.2, 0.25) is 0 Å². The smallest absolute Gasteiger partial charge is 0.123 e. The molecule has 0 N–H and O–H groups in total. The van der Waals surface area contributed by atoms with Crippen LogP contribution in [0.4, 0.5) is 10.1 Å². The third kappa shape index (κ3) is 3.23. The third-order valence-electron chi connectivity index (χ3n) is 3.98. The molecular weight excluding hydrogens is 303 g/mol. The number of hydrogen-bond acceptors (Lipinski definition) is 2. The van der Waals surface area contributed by atoms with Crippen LogP contribution >= 0.6 is 0 Å². The molecule has 3 nitrogen and oxygen atoms in total. The summed E-state index contributed by atoms with van der Waals surface area (Å²) in [6, 6.07) is 16.2. The predicted octanol–water partition coefficient (Wildman–Crippen LogP) is 4.99. The summed E-state index contributed by atoms with van der Waals surface area (Å²) in [4.78, 5) is 4.52. The van der Waals surface area contributed by atoms with Gasteiger partial charge in [0, 0.05) is 28.9 Å². The first-order valence-electron chi connectivity index (χ1n) is 7.71. The van der Waals surface area contributed by atoms with Crippen molar-refractivity contribution in [3.63, 3.8) is 0 Å². The summed E-state index contributed by atoms with van der Waals surface area (Å²) >= 11 is 0. The number of hydrogen-bond donors (Lipinski definition) is 0. The number of benzene rings is 2. The molecule has 0 fully saturated rings. The SMILES string of the molecule is COc1ccc(N=Cc2cc(C)n(-c3ccc(F)cc3)c2C)cc1. The first-order valence-corrected chi connectivity index (χ1v) is 7.71. The number of aromatic nitrogens is 1. The minimum absolute atomic E-state index is 0.234. The lowest BCUT2D eigenvalue weighted by Crippen LogP contribution is -1.99. The van der Waals surface area contributed by atoms with Gasteiger partial charge in [-0.3, -0.25) is 4.99 Å². The number of methoxy groups -OCH3 is 1. The molecule has 24 heavy (non-hydrogen) atoms. The summed E-state index contributed by atoms with van der Waals surface area (Å²) in [5.74, 6) is 0.575. The van der Waals surface area contributed by atoms with Gasteiger partial charge >= 0.3 is 0 Å². The van der Waals surface area contributed by atoms with Crippen LogP contribution in [0.25, 0.3) is 5.69 Å². The molecule has 0 amide bonds. The van der Waals surface area contributed by atoms with Crippen LogP contribution in [0, 0.1) is 19.7 Å². The standard InChI is InChI=1S/C20H19FN2O/c1-14-12-16(13-22-18-6-10-20(24-3)11-7-18)15(2)23(14)19-8-4-17(21)5-9-19/h4-13H,1-3H3. The topological polar surface area (TPSA) is 26.5 Å². The lowest BCUT2D eigenvalue weighted by molar-refractivity contribution is 0.415. The fourth-order valence-corrected chi connectivity index (χ4v) is 2.72. The molecule has 0 aliphatic rings. The second-order valence-electron chi connectivity index (χ2n) is 5.59. The molecule has 0 aliphatic heterocycles. The molecule has 0 unspecified atom stereocenters. The molecule has 0 atom stereocenters. The normalized spacial score (nSPS) is 11.2. The van der Waals surface area contributed by atoms with Gasteiger partial charge in [-0.05, 0) is 68.4 Å². The molecule has 3 rings (SSSR count). The molecule has 0 saturated heterocycles. The van der Waals surface area contributed by atoms with Crippen LogP contribution < -0.4 is 4.74 Å². The number of ether oxygens (including phenoxy) is 1. The van der Waals surface area contributed by atoms with E-state index in [0.717, 1.165) is 34.1 Å². The second-order valence-corrected chi connectivity index (χ2v) is 5.59. The Balaban J connectivity index is 1.90. The second kappa shape index (κ2) is 6.71. The highest BCUT2D eigenvalue weighted by atomic mass is 19.1. The zero-order valence-electron chi connectivity index (χ0n) is 14.0. The highest BCUT2D eigenvalue weighted by Gasteiger charge is 2.09. The number of nitrogens with zero attached hydrogens (tertiary/aromatic N) is 2. The van der Waals surface area contributed by atoms with Crippen molar-refractivity contribution >= 4 is 11.9 Å². The van der Waals surface area contributed by atoms with Crippen molar-refractivity contribution < 1.29 is 9.13 Å². The zero-order chi connectivity index (χ0) is 17.1. The van der Waals surface area contributed by atoms with Gasteiger partial charge < -0.3 is 9.30 Å². The van der Waals surface area contributed by atoms with Crippen LogP contribution in [0.3, 0.4) is 0 Å². The number of aliphatic imine (C=N–C) groups is 1. The fourth-order valence-electron chi connectivity index (χ4n) is 2.72. The van der Waals surface area contributed by atoms with Gasteiger partial charge in [-0.2, -0.15) is 0 Å². The summed E-state index contributed by atoms with van der Waals surface area (Å²) in [5.41, 5.74) is 4.98. The Morgan fingerprint density at radius 2 is 1.67 bits per heavy atom. The highest BCUT2D eigenvalue weighted by Crippen LogP contribution is 2.22. The average Bonchev–Trinajstić information content (AvgIpc) is 2.88. The lowest BCUT2D eigenvalue weighted by atomic mass is 10.2. The zero-order valence-corrected chi connectivity index (χ0v) is 14.0. The van der Waals surface area contributed by atoms with E-state index in [1.54, 1.807) is 19.2 Å². The Labute approximate surface area is 141 Å². The molecule has 122 valence electrons. The fraction of sp³-hybridized carbons (Fsp3) is 0.150. The summed E-state index contributed by atoms with van der Waals surface area (Å²) in [6.07, 6.45) is 1.85. The monoisotopic (exact) mass is 322 g/mol. The number of halogens is 1. The molecule has 0 bridgehead atoms. The van der Waals surface area contributed by atoms with Crippen molar-refractivity contribution in [3.8, 4) is 11.4 Å². The Kier molecular flexibility index (Phi) is 4.47. The average molecular weight is 322 g/mol. The van der Waals surface area contributed by atoms with Gasteiger partial charge in [-0.1, -0.05) is 0 Å². The van der Waals surface area contributed by atoms with E-state index in [1.165, 1.54) is 12.1 Å². The van der Waals surface area contributed by atoms with E-state index in [-0.39, 0.29) is 5.82 Å². The van der Waals surface area contributed by atoms with Gasteiger partial charge in [-0.15, -0.1) is 0 Å². The van der Waals surface area contributed by atoms with Crippen LogP contribution in [0.15, 0.2) is 59.6 Å². The summed E-state index contributed by atoms with van der Waals surface area (Å²) < 4.78 is 20.4. The van der Waals surface area contributed by atoms with E-state index < -0.39 is 0 Å². The summed E-state index contributed by atoms with van der Waals surface area (Å²) in [5, 5.41) is 0. The van der Waals surface area contributed by atoms with Crippen molar-refractivity contribution in [2.75, 3.05) is 7.11 Å². The van der Waals surface area contributed by atoms with Crippen molar-refractivity contribution in [3.05, 3.63) is 77.4 Å². The quantitative estimate of drug-likeness (QED) is 0.621. The lowest BCUT2D eigenvalue weighted by Gasteiger charge is -2.09. The molecule has 0 saturated carbocycles. The molecule has 4 heteroatoms. The van der Waals surface area contributed by atoms with Gasteiger partial charge in [0.15, 0.2) is 0 Å². The number of rotatable bonds is 4. The van der Waals surface area contributed by atoms with Crippen LogP contribution in [0.5, 0.6) is 5.75 Å². The van der Waals surface area contributed by atoms with Gasteiger partial charge in [0.1, 0.15) is 11.6 Å². The maximum absolute atomic E-state index is 13.1. The van der Waals surface area contributed by atoms with E-state index >= 15 is 0 Å². The van der Waals surface area contributed by atoms with Crippen molar-refractivity contribution in [1.82, 2.24) is 4.57 Å². The molecule has 3 aromatic rings. The molecule has 1 aromatic heterocycles. The van der Waals surface area contributed by atoms with Gasteiger partial charge in [-0.25, -0.2) is 4.39 Å². The summed E-state index contributed by atoms with van der Waals surface area (Å²) in [6.45, 7) is 4.06. The van der Waals surface area contributed by atoms with E-state index in [1.807, 2.05) is 44.3 Å². The minimum atomic E-state index is -0.234. The van der Waals surface area contributed by atoms with Crippen LogP contribution in [0.1, 0.15) is 17.0 Å². The van der Waals surface area contributed by atoms with E-state index in [0.29, 0.717) is 0 Å². The van der Waals surface area contributed by atoms with Crippen molar-refractivity contribution in [2.45, 2.75) is 13.8 Å². The van der Waals surface area contributed by atoms with Gasteiger partial charge in [0.25, 0.3) is 0 Å². The Morgan fingerprint density at radius 1 is 1.00 bits per heavy atom. The van der Waals surface area contributed by atoms with Crippen LogP contribution in [-0.4, -0.2) is 17.9 Å². The van der Waals surface area contributed by atoms with Gasteiger partial charge in [0.05, 0.1) is 12.8 Å². The highest BCUT2D eigenvalue weighted by molar-refractivity contribution is 5.84. The van der Waals surface area contributed by atoms with E-state index in [9.17, 15) is 4.39 Å². The first-order chi connectivity index (χ1) is 11.6. The molecular formula is C20H19FN2O. The number of aryl methyl sites for hydroxylation is 1. The third-order valence-corrected chi connectivity index (χ3v) is 3.98. The molecule has 2 aromatic carbocycles. The van der Waals surface area contributed by atoms with E-state index in [4.69, 9.17) is 4.74 Å². The largest absolute Gasteiger partial charge is 0.497 e. The molecule has 0 spiro atoms. The van der Waals surface area contributed by atoms with Crippen LogP contribution in [-0.2, 0) is 0 Å².